The van der Waals surface area contributed by atoms with Gasteiger partial charge in [-0.2, -0.15) is 0 Å². The summed E-state index contributed by atoms with van der Waals surface area (Å²) < 4.78 is 20.8. The van der Waals surface area contributed by atoms with Crippen molar-refractivity contribution in [1.29, 1.82) is 0 Å². The summed E-state index contributed by atoms with van der Waals surface area (Å²) in [7, 11) is 3.20. The van der Waals surface area contributed by atoms with Crippen LogP contribution in [0.2, 0.25) is 0 Å². The lowest BCUT2D eigenvalue weighted by atomic mass is 10.2. The third-order valence-corrected chi connectivity index (χ3v) is 2.14. The van der Waals surface area contributed by atoms with Crippen LogP contribution >= 0.6 is 0 Å². The van der Waals surface area contributed by atoms with Gasteiger partial charge in [0.25, 0.3) is 0 Å². The van der Waals surface area contributed by atoms with E-state index in [4.69, 9.17) is 18.9 Å². The first-order valence-electron chi connectivity index (χ1n) is 5.81. The first-order chi connectivity index (χ1) is 7.79. The zero-order valence-corrected chi connectivity index (χ0v) is 10.9. The van der Waals surface area contributed by atoms with Gasteiger partial charge in [0.15, 0.2) is 12.6 Å². The number of unbranched alkanes of at least 4 members (excludes halogenated alkanes) is 2. The van der Waals surface area contributed by atoms with Gasteiger partial charge in [0, 0.05) is 13.0 Å². The highest BCUT2D eigenvalue weighted by atomic mass is 16.7. The Kier molecular flexibility index (Phi) is 10.0. The van der Waals surface area contributed by atoms with Crippen molar-refractivity contribution in [2.75, 3.05) is 27.6 Å². The van der Waals surface area contributed by atoms with E-state index in [1.54, 1.807) is 14.2 Å². The molecule has 0 saturated heterocycles. The fourth-order valence-electron chi connectivity index (χ4n) is 1.25. The van der Waals surface area contributed by atoms with Crippen molar-refractivity contribution in [3.05, 3.63) is 11.7 Å². The molecule has 0 rings (SSSR count). The molecule has 0 unspecified atom stereocenters. The van der Waals surface area contributed by atoms with Gasteiger partial charge in [-0.15, -0.1) is 0 Å². The summed E-state index contributed by atoms with van der Waals surface area (Å²) in [5, 5.41) is 0. The number of hydrogen-bond donors (Lipinski definition) is 0. The molecule has 0 aromatic heterocycles. The van der Waals surface area contributed by atoms with E-state index in [1.807, 2.05) is 6.92 Å². The van der Waals surface area contributed by atoms with Crippen molar-refractivity contribution >= 4 is 0 Å². The molecule has 4 heteroatoms. The van der Waals surface area contributed by atoms with Crippen LogP contribution in [0.4, 0.5) is 0 Å². The van der Waals surface area contributed by atoms with Gasteiger partial charge in [-0.05, 0) is 13.3 Å². The highest BCUT2D eigenvalue weighted by Gasteiger charge is 2.09. The fourth-order valence-corrected chi connectivity index (χ4v) is 1.25. The van der Waals surface area contributed by atoms with Crippen molar-refractivity contribution in [2.24, 2.45) is 0 Å². The van der Waals surface area contributed by atoms with Gasteiger partial charge in [-0.1, -0.05) is 19.8 Å². The van der Waals surface area contributed by atoms with Crippen LogP contribution in [-0.2, 0) is 18.9 Å². The van der Waals surface area contributed by atoms with Gasteiger partial charge < -0.3 is 18.9 Å². The molecule has 0 saturated carbocycles. The van der Waals surface area contributed by atoms with Crippen molar-refractivity contribution in [3.8, 4) is 0 Å². The minimum absolute atomic E-state index is 0.195. The molecule has 4 nitrogen and oxygen atoms in total. The largest absolute Gasteiger partial charge is 0.494 e. The Hall–Kier alpha value is -0.900. The second-order valence-electron chi connectivity index (χ2n) is 3.33. The standard InChI is InChI=1S/C12H24O4/c1-5-7-8-9-11(13-3)12(14-4)16-10-15-6-2/h5-10H2,1-4H3. The highest BCUT2D eigenvalue weighted by Crippen LogP contribution is 2.16. The summed E-state index contributed by atoms with van der Waals surface area (Å²) in [6, 6.07) is 0. The zero-order chi connectivity index (χ0) is 12.2. The Balaban J connectivity index is 4.15. The predicted octanol–water partition coefficient (Wildman–Crippen LogP) is 3.04. The maximum absolute atomic E-state index is 5.33. The maximum atomic E-state index is 5.33. The Morgan fingerprint density at radius 1 is 1.00 bits per heavy atom. The molecular formula is C12H24O4. The fraction of sp³-hybridized carbons (Fsp3) is 0.833. The van der Waals surface area contributed by atoms with Crippen LogP contribution in [0.15, 0.2) is 11.7 Å². The average molecular weight is 232 g/mol. The summed E-state index contributed by atoms with van der Waals surface area (Å²) in [6.45, 7) is 4.90. The monoisotopic (exact) mass is 232 g/mol. The molecule has 0 N–H and O–H groups in total. The number of ether oxygens (including phenoxy) is 4. The number of allylic oxidation sites excluding steroid dienone is 1. The van der Waals surface area contributed by atoms with Gasteiger partial charge in [0.2, 0.25) is 0 Å². The molecule has 96 valence electrons. The highest BCUT2D eigenvalue weighted by molar-refractivity contribution is 4.94. The first-order valence-corrected chi connectivity index (χ1v) is 5.81. The van der Waals surface area contributed by atoms with Gasteiger partial charge in [0.1, 0.15) is 0 Å². The van der Waals surface area contributed by atoms with Gasteiger partial charge in [0.05, 0.1) is 14.2 Å². The molecule has 0 bridgehead atoms. The molecule has 0 aromatic carbocycles. The number of rotatable bonds is 10. The Morgan fingerprint density at radius 2 is 1.75 bits per heavy atom. The summed E-state index contributed by atoms with van der Waals surface area (Å²) in [5.74, 6) is 1.17. The molecular weight excluding hydrogens is 208 g/mol. The predicted molar refractivity (Wildman–Crippen MR) is 62.8 cm³/mol. The minimum atomic E-state index is 0.195. The van der Waals surface area contributed by atoms with Crippen molar-refractivity contribution in [3.63, 3.8) is 0 Å². The Morgan fingerprint density at radius 3 is 2.25 bits per heavy atom. The van der Waals surface area contributed by atoms with Crippen LogP contribution in [-0.4, -0.2) is 27.6 Å². The van der Waals surface area contributed by atoms with Crippen LogP contribution in [0.5, 0.6) is 0 Å². The number of methoxy groups -OCH3 is 2. The van der Waals surface area contributed by atoms with Gasteiger partial charge >= 0.3 is 5.95 Å². The van der Waals surface area contributed by atoms with Crippen molar-refractivity contribution in [1.82, 2.24) is 0 Å². The zero-order valence-electron chi connectivity index (χ0n) is 10.9. The Bertz CT molecular complexity index is 169. The topological polar surface area (TPSA) is 36.9 Å². The van der Waals surface area contributed by atoms with Crippen LogP contribution < -0.4 is 0 Å². The molecule has 0 heterocycles. The number of hydrogen-bond acceptors (Lipinski definition) is 4. The molecule has 0 spiro atoms. The smallest absolute Gasteiger partial charge is 0.320 e. The molecule has 0 radical (unpaired) electrons. The average Bonchev–Trinajstić information content (AvgIpc) is 2.31. The van der Waals surface area contributed by atoms with Crippen molar-refractivity contribution in [2.45, 2.75) is 39.5 Å². The van der Waals surface area contributed by atoms with E-state index in [0.29, 0.717) is 12.6 Å². The van der Waals surface area contributed by atoms with E-state index in [-0.39, 0.29) is 6.79 Å². The van der Waals surface area contributed by atoms with Crippen molar-refractivity contribution < 1.29 is 18.9 Å². The third kappa shape index (κ3) is 6.56. The quantitative estimate of drug-likeness (QED) is 0.329. The van der Waals surface area contributed by atoms with Gasteiger partial charge in [-0.3, -0.25) is 0 Å². The maximum Gasteiger partial charge on any atom is 0.320 e. The van der Waals surface area contributed by atoms with E-state index in [2.05, 4.69) is 6.92 Å². The summed E-state index contributed by atoms with van der Waals surface area (Å²) >= 11 is 0. The van der Waals surface area contributed by atoms with Crippen LogP contribution in [0.25, 0.3) is 0 Å². The second kappa shape index (κ2) is 10.6. The molecule has 0 atom stereocenters. The normalized spacial score (nSPS) is 12.0. The lowest BCUT2D eigenvalue weighted by Crippen LogP contribution is -2.05. The van der Waals surface area contributed by atoms with Crippen LogP contribution in [0.1, 0.15) is 39.5 Å². The molecule has 0 aromatic rings. The molecule has 16 heavy (non-hydrogen) atoms. The Labute approximate surface area is 98.5 Å². The molecule has 0 aliphatic carbocycles. The minimum Gasteiger partial charge on any atom is -0.494 e. The van der Waals surface area contributed by atoms with E-state index in [0.717, 1.165) is 18.6 Å². The summed E-state index contributed by atoms with van der Waals surface area (Å²) in [4.78, 5) is 0. The summed E-state index contributed by atoms with van der Waals surface area (Å²) in [5.41, 5.74) is 0. The molecule has 0 amide bonds. The van der Waals surface area contributed by atoms with E-state index >= 15 is 0 Å². The third-order valence-electron chi connectivity index (χ3n) is 2.14. The molecule has 0 fully saturated rings. The second-order valence-corrected chi connectivity index (χ2v) is 3.33. The first kappa shape index (κ1) is 15.1. The van der Waals surface area contributed by atoms with E-state index in [9.17, 15) is 0 Å². The van der Waals surface area contributed by atoms with Crippen LogP contribution in [0, 0.1) is 0 Å². The lowest BCUT2D eigenvalue weighted by molar-refractivity contribution is -0.0707. The van der Waals surface area contributed by atoms with Crippen LogP contribution in [0.3, 0.4) is 0 Å². The lowest BCUT2D eigenvalue weighted by Gasteiger charge is -2.13. The van der Waals surface area contributed by atoms with E-state index in [1.165, 1.54) is 12.8 Å². The molecule has 0 aliphatic heterocycles. The van der Waals surface area contributed by atoms with Gasteiger partial charge in [-0.25, -0.2) is 0 Å². The summed E-state index contributed by atoms with van der Waals surface area (Å²) in [6.07, 6.45) is 4.26. The van der Waals surface area contributed by atoms with E-state index < -0.39 is 0 Å². The SMILES string of the molecule is CCCCCC(OC)=C(OC)OCOCC. The molecule has 0 aliphatic rings.